The van der Waals surface area contributed by atoms with E-state index in [1.807, 2.05) is 61.5 Å². The molecule has 0 fully saturated rings. The van der Waals surface area contributed by atoms with Gasteiger partial charge < -0.3 is 15.5 Å². The summed E-state index contributed by atoms with van der Waals surface area (Å²) in [4.78, 5) is 30.3. The molecule has 1 aromatic heterocycles. The average molecular weight is 388 g/mol. The lowest BCUT2D eigenvalue weighted by Crippen LogP contribution is -2.31. The van der Waals surface area contributed by atoms with Crippen LogP contribution in [0.2, 0.25) is 0 Å². The van der Waals surface area contributed by atoms with Crippen molar-refractivity contribution in [2.75, 3.05) is 17.3 Å². The smallest absolute Gasteiger partial charge is 0.319 e. The number of para-hydroxylation sites is 1. The number of anilines is 2. The van der Waals surface area contributed by atoms with Gasteiger partial charge in [-0.25, -0.2) is 4.79 Å². The molecular formula is C23H24N4O2. The number of hydrogen-bond donors (Lipinski definition) is 2. The molecule has 29 heavy (non-hydrogen) atoms. The lowest BCUT2D eigenvalue weighted by atomic mass is 10.1. The average Bonchev–Trinajstić information content (AvgIpc) is 2.75. The number of nitrogens with one attached hydrogen (secondary N) is 2. The van der Waals surface area contributed by atoms with Gasteiger partial charge in [0, 0.05) is 30.8 Å². The molecule has 6 heteroatoms. The Kier molecular flexibility index (Phi) is 6.58. The summed E-state index contributed by atoms with van der Waals surface area (Å²) in [5.74, 6) is 0.000767. The Morgan fingerprint density at radius 1 is 0.966 bits per heavy atom. The molecule has 6 nitrogen and oxygen atoms in total. The summed E-state index contributed by atoms with van der Waals surface area (Å²) in [6.45, 7) is 1.91. The summed E-state index contributed by atoms with van der Waals surface area (Å²) in [7, 11) is 1.77. The van der Waals surface area contributed by atoms with Crippen LogP contribution in [0.25, 0.3) is 0 Å². The van der Waals surface area contributed by atoms with Crippen LogP contribution in [-0.4, -0.2) is 24.0 Å². The van der Waals surface area contributed by atoms with Crippen LogP contribution >= 0.6 is 0 Å². The number of aromatic nitrogens is 1. The maximum atomic E-state index is 12.5. The molecule has 0 bridgehead atoms. The summed E-state index contributed by atoms with van der Waals surface area (Å²) < 4.78 is 0. The van der Waals surface area contributed by atoms with Crippen LogP contribution in [0, 0.1) is 0 Å². The first-order chi connectivity index (χ1) is 14.0. The fraction of sp³-hybridized carbons (Fsp3) is 0.174. The largest absolute Gasteiger partial charge is 0.331 e. The number of hydrogen-bond acceptors (Lipinski definition) is 3. The monoisotopic (exact) mass is 388 g/mol. The molecule has 148 valence electrons. The van der Waals surface area contributed by atoms with Crippen molar-refractivity contribution in [2.24, 2.45) is 0 Å². The molecule has 0 aliphatic rings. The van der Waals surface area contributed by atoms with Crippen LogP contribution in [0.1, 0.15) is 24.1 Å². The van der Waals surface area contributed by atoms with Crippen LogP contribution in [0.3, 0.4) is 0 Å². The zero-order valence-corrected chi connectivity index (χ0v) is 16.5. The Bertz CT molecular complexity index is 944. The molecule has 1 atom stereocenters. The Balaban J connectivity index is 1.53. The first-order valence-corrected chi connectivity index (χ1v) is 9.41. The number of benzene rings is 2. The minimum absolute atomic E-state index is 0.000767. The van der Waals surface area contributed by atoms with Crippen molar-refractivity contribution < 1.29 is 9.59 Å². The second-order valence-electron chi connectivity index (χ2n) is 6.76. The minimum Gasteiger partial charge on any atom is -0.331 e. The van der Waals surface area contributed by atoms with E-state index in [-0.39, 0.29) is 24.4 Å². The molecule has 1 heterocycles. The molecule has 3 aromatic rings. The maximum Gasteiger partial charge on any atom is 0.319 e. The summed E-state index contributed by atoms with van der Waals surface area (Å²) in [6, 6.07) is 20.1. The highest BCUT2D eigenvalue weighted by atomic mass is 16.2. The third kappa shape index (κ3) is 5.65. The minimum atomic E-state index is -0.290. The molecule has 0 aliphatic carbocycles. The SMILES string of the molecule is CC(NC(=O)Nc1ccc(CC(=O)N(C)c2ccccc2)cc1)c1ccncc1. The maximum absolute atomic E-state index is 12.5. The number of nitrogens with zero attached hydrogens (tertiary/aromatic N) is 2. The van der Waals surface area contributed by atoms with E-state index in [0.29, 0.717) is 5.69 Å². The first-order valence-electron chi connectivity index (χ1n) is 9.41. The molecule has 0 saturated heterocycles. The zero-order chi connectivity index (χ0) is 20.6. The fourth-order valence-corrected chi connectivity index (χ4v) is 2.89. The summed E-state index contributed by atoms with van der Waals surface area (Å²) in [6.07, 6.45) is 3.68. The van der Waals surface area contributed by atoms with Gasteiger partial charge in [-0.2, -0.15) is 0 Å². The van der Waals surface area contributed by atoms with E-state index < -0.39 is 0 Å². The summed E-state index contributed by atoms with van der Waals surface area (Å²) in [5, 5.41) is 5.70. The normalized spacial score (nSPS) is 11.4. The quantitative estimate of drug-likeness (QED) is 0.666. The Morgan fingerprint density at radius 2 is 1.62 bits per heavy atom. The van der Waals surface area contributed by atoms with E-state index in [1.165, 1.54) is 0 Å². The highest BCUT2D eigenvalue weighted by Crippen LogP contribution is 2.15. The van der Waals surface area contributed by atoms with Crippen molar-refractivity contribution in [2.45, 2.75) is 19.4 Å². The van der Waals surface area contributed by atoms with E-state index in [1.54, 1.807) is 36.5 Å². The van der Waals surface area contributed by atoms with E-state index in [4.69, 9.17) is 0 Å². The van der Waals surface area contributed by atoms with E-state index in [0.717, 1.165) is 16.8 Å². The number of likely N-dealkylation sites (N-methyl/N-ethyl adjacent to an activating group) is 1. The molecule has 1 unspecified atom stereocenters. The summed E-state index contributed by atoms with van der Waals surface area (Å²) >= 11 is 0. The van der Waals surface area contributed by atoms with Crippen molar-refractivity contribution in [1.82, 2.24) is 10.3 Å². The molecule has 2 N–H and O–H groups in total. The van der Waals surface area contributed by atoms with E-state index in [9.17, 15) is 9.59 Å². The van der Waals surface area contributed by atoms with Gasteiger partial charge in [-0.15, -0.1) is 0 Å². The topological polar surface area (TPSA) is 74.3 Å². The number of amides is 3. The Labute approximate surface area is 170 Å². The van der Waals surface area contributed by atoms with Gasteiger partial charge in [-0.3, -0.25) is 9.78 Å². The van der Waals surface area contributed by atoms with Crippen LogP contribution in [0.15, 0.2) is 79.1 Å². The third-order valence-corrected chi connectivity index (χ3v) is 4.64. The van der Waals surface area contributed by atoms with E-state index >= 15 is 0 Å². The third-order valence-electron chi connectivity index (χ3n) is 4.64. The van der Waals surface area contributed by atoms with Gasteiger partial charge in [0.25, 0.3) is 0 Å². The van der Waals surface area contributed by atoms with Gasteiger partial charge in [0.2, 0.25) is 5.91 Å². The highest BCUT2D eigenvalue weighted by Gasteiger charge is 2.12. The van der Waals surface area contributed by atoms with Gasteiger partial charge in [-0.05, 0) is 54.4 Å². The van der Waals surface area contributed by atoms with Gasteiger partial charge in [0.15, 0.2) is 0 Å². The van der Waals surface area contributed by atoms with Crippen molar-refractivity contribution in [3.05, 3.63) is 90.3 Å². The molecule has 0 radical (unpaired) electrons. The first kappa shape index (κ1) is 20.1. The lowest BCUT2D eigenvalue weighted by Gasteiger charge is -2.17. The van der Waals surface area contributed by atoms with Gasteiger partial charge in [0.05, 0.1) is 12.5 Å². The number of urea groups is 1. The van der Waals surface area contributed by atoms with Crippen molar-refractivity contribution in [1.29, 1.82) is 0 Å². The number of carbonyl (C=O) groups is 2. The molecule has 0 spiro atoms. The predicted molar refractivity (Wildman–Crippen MR) is 115 cm³/mol. The van der Waals surface area contributed by atoms with Gasteiger partial charge in [0.1, 0.15) is 0 Å². The Hall–Kier alpha value is -3.67. The predicted octanol–water partition coefficient (Wildman–Crippen LogP) is 4.17. The van der Waals surface area contributed by atoms with Gasteiger partial charge >= 0.3 is 6.03 Å². The standard InChI is InChI=1S/C23H24N4O2/c1-17(19-12-14-24-15-13-19)25-23(29)26-20-10-8-18(9-11-20)16-22(28)27(2)21-6-4-3-5-7-21/h3-15,17H,16H2,1-2H3,(H2,25,26,29). The van der Waals surface area contributed by atoms with Gasteiger partial charge in [-0.1, -0.05) is 30.3 Å². The fourth-order valence-electron chi connectivity index (χ4n) is 2.89. The molecule has 0 saturated carbocycles. The highest BCUT2D eigenvalue weighted by molar-refractivity contribution is 5.94. The molecule has 2 aromatic carbocycles. The van der Waals surface area contributed by atoms with Crippen LogP contribution in [0.5, 0.6) is 0 Å². The Morgan fingerprint density at radius 3 is 2.28 bits per heavy atom. The zero-order valence-electron chi connectivity index (χ0n) is 16.5. The van der Waals surface area contributed by atoms with Crippen LogP contribution < -0.4 is 15.5 Å². The van der Waals surface area contributed by atoms with E-state index in [2.05, 4.69) is 15.6 Å². The van der Waals surface area contributed by atoms with Crippen molar-refractivity contribution in [3.63, 3.8) is 0 Å². The number of carbonyl (C=O) groups excluding carboxylic acids is 2. The second-order valence-corrected chi connectivity index (χ2v) is 6.76. The summed E-state index contributed by atoms with van der Waals surface area (Å²) in [5.41, 5.74) is 3.38. The van der Waals surface area contributed by atoms with Crippen molar-refractivity contribution >= 4 is 23.3 Å². The number of rotatable bonds is 6. The van der Waals surface area contributed by atoms with Crippen LogP contribution in [-0.2, 0) is 11.2 Å². The molecule has 3 rings (SSSR count). The molecule has 0 aliphatic heterocycles. The van der Waals surface area contributed by atoms with Crippen LogP contribution in [0.4, 0.5) is 16.2 Å². The number of pyridine rings is 1. The molecular weight excluding hydrogens is 364 g/mol. The second kappa shape index (κ2) is 9.50. The lowest BCUT2D eigenvalue weighted by molar-refractivity contribution is -0.117. The molecule has 3 amide bonds. The van der Waals surface area contributed by atoms with Crippen molar-refractivity contribution in [3.8, 4) is 0 Å².